The Morgan fingerprint density at radius 2 is 1.38 bits per heavy atom. The minimum Gasteiger partial charge on any atom is -0.192 e. The number of hydrogen-bond acceptors (Lipinski definition) is 3. The third kappa shape index (κ3) is 1.27. The molecule has 0 radical (unpaired) electrons. The van der Waals surface area contributed by atoms with Crippen LogP contribution >= 0.6 is 0 Å². The van der Waals surface area contributed by atoms with Crippen molar-refractivity contribution in [1.29, 1.82) is 15.8 Å². The molecular formula is C13H5N3. The van der Waals surface area contributed by atoms with Crippen molar-refractivity contribution in [2.24, 2.45) is 0 Å². The number of rotatable bonds is 0. The summed E-state index contributed by atoms with van der Waals surface area (Å²) in [5, 5.41) is 26.9. The molecule has 0 heterocycles. The zero-order valence-electron chi connectivity index (χ0n) is 8.23. The minimum absolute atomic E-state index is 0.374. The topological polar surface area (TPSA) is 71.4 Å². The van der Waals surface area contributed by atoms with Gasteiger partial charge >= 0.3 is 0 Å². The summed E-state index contributed by atoms with van der Waals surface area (Å²) in [6, 6.07) is 14.5. The lowest BCUT2D eigenvalue weighted by molar-refractivity contribution is 1.48. The van der Waals surface area contributed by atoms with Crippen LogP contribution in [0.25, 0.3) is 11.1 Å². The molecule has 72 valence electrons. The molecule has 16 heavy (non-hydrogen) atoms. The molecule has 0 atom stereocenters. The molecule has 0 aromatic rings. The van der Waals surface area contributed by atoms with E-state index in [4.69, 9.17) is 15.8 Å². The molecule has 0 spiro atoms. The van der Waals surface area contributed by atoms with Gasteiger partial charge in [-0.1, -0.05) is 18.2 Å². The fraction of sp³-hybridized carbons (Fsp3) is 0. The van der Waals surface area contributed by atoms with Gasteiger partial charge in [0.1, 0.15) is 0 Å². The summed E-state index contributed by atoms with van der Waals surface area (Å²) in [5.74, 6) is 0. The quantitative estimate of drug-likeness (QED) is 0.660. The van der Waals surface area contributed by atoms with Gasteiger partial charge in [-0.2, -0.15) is 15.8 Å². The van der Waals surface area contributed by atoms with Crippen LogP contribution in [-0.4, -0.2) is 0 Å². The van der Waals surface area contributed by atoms with Gasteiger partial charge in [-0.15, -0.1) is 0 Å². The highest BCUT2D eigenvalue weighted by molar-refractivity contribution is 5.84. The van der Waals surface area contributed by atoms with Gasteiger partial charge in [0.05, 0.1) is 34.9 Å². The maximum Gasteiger partial charge on any atom is 0.0999 e. The van der Waals surface area contributed by atoms with E-state index in [9.17, 15) is 0 Å². The van der Waals surface area contributed by atoms with Crippen LogP contribution < -0.4 is 0 Å². The predicted molar refractivity (Wildman–Crippen MR) is 57.2 cm³/mol. The van der Waals surface area contributed by atoms with E-state index < -0.39 is 0 Å². The van der Waals surface area contributed by atoms with Crippen molar-refractivity contribution in [3.63, 3.8) is 0 Å². The Bertz CT molecular complexity index is 651. The second-order valence-electron chi connectivity index (χ2n) is 3.23. The summed E-state index contributed by atoms with van der Waals surface area (Å²) in [6.07, 6.45) is 0. The van der Waals surface area contributed by atoms with E-state index in [1.165, 1.54) is 6.07 Å². The van der Waals surface area contributed by atoms with E-state index in [1.54, 1.807) is 24.3 Å². The molecule has 0 saturated carbocycles. The summed E-state index contributed by atoms with van der Waals surface area (Å²) >= 11 is 0. The average molecular weight is 203 g/mol. The van der Waals surface area contributed by atoms with Crippen LogP contribution in [0.2, 0.25) is 0 Å². The molecule has 0 bridgehead atoms. The van der Waals surface area contributed by atoms with Crippen molar-refractivity contribution in [1.82, 2.24) is 0 Å². The maximum atomic E-state index is 9.01. The Hall–Kier alpha value is -2.83. The molecule has 0 aromatic heterocycles. The molecule has 0 saturated heterocycles. The lowest BCUT2D eigenvalue weighted by Crippen LogP contribution is -1.80. The van der Waals surface area contributed by atoms with Crippen LogP contribution in [0.5, 0.6) is 0 Å². The van der Waals surface area contributed by atoms with Crippen molar-refractivity contribution in [2.45, 2.75) is 0 Å². The molecule has 2 rings (SSSR count). The van der Waals surface area contributed by atoms with Crippen LogP contribution in [0.15, 0.2) is 30.3 Å². The highest BCUT2D eigenvalue weighted by Gasteiger charge is 2.17. The zero-order chi connectivity index (χ0) is 11.5. The first-order valence-corrected chi connectivity index (χ1v) is 4.58. The Balaban J connectivity index is 2.94. The number of fused-ring (bicyclic) bond motifs is 1. The fourth-order valence-electron chi connectivity index (χ4n) is 1.70. The number of nitrogens with zero attached hydrogens (tertiary/aromatic N) is 3. The first-order valence-electron chi connectivity index (χ1n) is 4.58. The molecular weight excluding hydrogens is 198 g/mol. The average Bonchev–Trinajstić information content (AvgIpc) is 2.53. The third-order valence-electron chi connectivity index (χ3n) is 2.39. The Morgan fingerprint density at radius 1 is 0.750 bits per heavy atom. The molecule has 0 fully saturated rings. The van der Waals surface area contributed by atoms with E-state index in [-0.39, 0.29) is 0 Å². The van der Waals surface area contributed by atoms with E-state index in [1.807, 2.05) is 18.2 Å². The second kappa shape index (κ2) is 3.73. The standard InChI is InChI=1S/C13H5N3/c14-6-9-3-1-2-4-12-10(7-15)5-11(8-16)13(9)12/h1-5H. The maximum absolute atomic E-state index is 9.01. The van der Waals surface area contributed by atoms with Crippen LogP contribution in [0.3, 0.4) is 0 Å². The molecule has 2 aliphatic carbocycles. The van der Waals surface area contributed by atoms with Crippen LogP contribution in [0.1, 0.15) is 16.7 Å². The van der Waals surface area contributed by atoms with E-state index in [0.29, 0.717) is 27.8 Å². The smallest absolute Gasteiger partial charge is 0.0999 e. The lowest BCUT2D eigenvalue weighted by Gasteiger charge is -1.95. The Kier molecular flexibility index (Phi) is 2.27. The summed E-state index contributed by atoms with van der Waals surface area (Å²) in [6.45, 7) is 0. The number of hydrogen-bond donors (Lipinski definition) is 0. The van der Waals surface area contributed by atoms with Crippen molar-refractivity contribution in [3.8, 4) is 29.3 Å². The van der Waals surface area contributed by atoms with Crippen LogP contribution in [-0.2, 0) is 0 Å². The normalized spacial score (nSPS) is 9.06. The molecule has 0 N–H and O–H groups in total. The molecule has 2 aliphatic rings. The Labute approximate surface area is 92.7 Å². The van der Waals surface area contributed by atoms with Crippen LogP contribution in [0.4, 0.5) is 0 Å². The largest absolute Gasteiger partial charge is 0.192 e. The predicted octanol–water partition coefficient (Wildman–Crippen LogP) is 2.41. The van der Waals surface area contributed by atoms with Gasteiger partial charge in [0.15, 0.2) is 0 Å². The Morgan fingerprint density at radius 3 is 2.00 bits per heavy atom. The van der Waals surface area contributed by atoms with E-state index in [2.05, 4.69) is 0 Å². The van der Waals surface area contributed by atoms with Gasteiger partial charge in [-0.25, -0.2) is 0 Å². The lowest BCUT2D eigenvalue weighted by atomic mass is 10.0. The minimum atomic E-state index is 0.374. The van der Waals surface area contributed by atoms with Crippen LogP contribution in [0, 0.1) is 34.0 Å². The third-order valence-corrected chi connectivity index (χ3v) is 2.39. The molecule has 3 nitrogen and oxygen atoms in total. The fourth-order valence-corrected chi connectivity index (χ4v) is 1.70. The van der Waals surface area contributed by atoms with Gasteiger partial charge in [-0.3, -0.25) is 0 Å². The first-order chi connectivity index (χ1) is 7.81. The highest BCUT2D eigenvalue weighted by atomic mass is 14.3. The van der Waals surface area contributed by atoms with Gasteiger partial charge in [-0.05, 0) is 12.1 Å². The van der Waals surface area contributed by atoms with Gasteiger partial charge in [0, 0.05) is 11.1 Å². The van der Waals surface area contributed by atoms with Crippen molar-refractivity contribution in [3.05, 3.63) is 47.0 Å². The molecule has 0 amide bonds. The molecule has 0 aromatic carbocycles. The first kappa shape index (κ1) is 9.71. The summed E-state index contributed by atoms with van der Waals surface area (Å²) < 4.78 is 0. The SMILES string of the molecule is N#Cc1cc(C#N)c2c(C#N)ccccc1-2. The molecule has 0 unspecified atom stereocenters. The van der Waals surface area contributed by atoms with Gasteiger partial charge < -0.3 is 0 Å². The molecule has 3 heteroatoms. The van der Waals surface area contributed by atoms with Gasteiger partial charge in [0.2, 0.25) is 0 Å². The van der Waals surface area contributed by atoms with E-state index in [0.717, 1.165) is 0 Å². The summed E-state index contributed by atoms with van der Waals surface area (Å²) in [7, 11) is 0. The van der Waals surface area contributed by atoms with Gasteiger partial charge in [0.25, 0.3) is 0 Å². The van der Waals surface area contributed by atoms with Crippen molar-refractivity contribution < 1.29 is 0 Å². The summed E-state index contributed by atoms with van der Waals surface area (Å²) in [5.41, 5.74) is 2.43. The molecule has 0 aliphatic heterocycles. The monoisotopic (exact) mass is 203 g/mol. The van der Waals surface area contributed by atoms with Crippen molar-refractivity contribution in [2.75, 3.05) is 0 Å². The highest BCUT2D eigenvalue weighted by Crippen LogP contribution is 2.33. The van der Waals surface area contributed by atoms with E-state index >= 15 is 0 Å². The second-order valence-corrected chi connectivity index (χ2v) is 3.23. The van der Waals surface area contributed by atoms with Crippen molar-refractivity contribution >= 4 is 0 Å². The summed E-state index contributed by atoms with van der Waals surface area (Å²) in [4.78, 5) is 0. The zero-order valence-corrected chi connectivity index (χ0v) is 8.23. The number of nitriles is 3.